The van der Waals surface area contributed by atoms with Gasteiger partial charge in [-0.1, -0.05) is 0 Å². The van der Waals surface area contributed by atoms with Crippen molar-refractivity contribution in [3.8, 4) is 0 Å². The van der Waals surface area contributed by atoms with E-state index in [1.165, 1.54) is 16.4 Å². The fourth-order valence-corrected chi connectivity index (χ4v) is 5.32. The highest BCUT2D eigenvalue weighted by Crippen LogP contribution is 2.36. The average Bonchev–Trinajstić information content (AvgIpc) is 3.15. The first-order valence-electron chi connectivity index (χ1n) is 8.48. The molecule has 3 rings (SSSR count). The van der Waals surface area contributed by atoms with Crippen LogP contribution in [0.3, 0.4) is 0 Å². The second-order valence-corrected chi connectivity index (χ2v) is 9.35. The van der Waals surface area contributed by atoms with Gasteiger partial charge in [0.25, 0.3) is 5.69 Å². The summed E-state index contributed by atoms with van der Waals surface area (Å²) in [4.78, 5) is 20.0. The fraction of sp³-hybridized carbons (Fsp3) is 0.412. The van der Waals surface area contributed by atoms with Crippen molar-refractivity contribution < 1.29 is 13.3 Å². The van der Waals surface area contributed by atoms with Crippen LogP contribution in [0.1, 0.15) is 29.8 Å². The topological polar surface area (TPSA) is 106 Å². The summed E-state index contributed by atoms with van der Waals surface area (Å²) in [6.45, 7) is 6.52. The molecule has 1 fully saturated rings. The Bertz CT molecular complexity index is 979. The van der Waals surface area contributed by atoms with Crippen LogP contribution in [0.15, 0.2) is 33.1 Å². The minimum atomic E-state index is -3.72. The van der Waals surface area contributed by atoms with Crippen molar-refractivity contribution in [3.05, 3.63) is 45.3 Å². The lowest BCUT2D eigenvalue weighted by atomic mass is 10.2. The number of nitro groups is 1. The van der Waals surface area contributed by atoms with Crippen LogP contribution < -0.4 is 0 Å². The van der Waals surface area contributed by atoms with Crippen LogP contribution in [-0.2, 0) is 10.0 Å². The number of nitro benzene ring substituents is 1. The van der Waals surface area contributed by atoms with Crippen LogP contribution in [0.2, 0.25) is 0 Å². The second-order valence-electron chi connectivity index (χ2n) is 6.40. The van der Waals surface area contributed by atoms with E-state index in [0.717, 1.165) is 47.6 Å². The quantitative estimate of drug-likeness (QED) is 0.425. The Kier molecular flexibility index (Phi) is 5.50. The molecule has 2 aromatic rings. The Balaban J connectivity index is 1.99. The molecule has 0 aliphatic carbocycles. The Morgan fingerprint density at radius 2 is 1.70 bits per heavy atom. The number of aryl methyl sites for hydroxylation is 2. The zero-order valence-corrected chi connectivity index (χ0v) is 16.9. The van der Waals surface area contributed by atoms with Gasteiger partial charge in [-0.15, -0.1) is 0 Å². The molecule has 1 aliphatic heterocycles. The van der Waals surface area contributed by atoms with Gasteiger partial charge in [-0.25, -0.2) is 18.4 Å². The number of hydrogen-bond acceptors (Lipinski definition) is 7. The van der Waals surface area contributed by atoms with E-state index >= 15 is 0 Å². The lowest BCUT2D eigenvalue weighted by Gasteiger charge is -2.15. The van der Waals surface area contributed by atoms with Crippen molar-refractivity contribution in [3.63, 3.8) is 0 Å². The summed E-state index contributed by atoms with van der Waals surface area (Å²) >= 11 is 1.06. The van der Waals surface area contributed by atoms with Gasteiger partial charge >= 0.3 is 0 Å². The zero-order chi connectivity index (χ0) is 19.8. The largest absolute Gasteiger partial charge is 0.284 e. The molecular formula is C17H20N4O4S2. The summed E-state index contributed by atoms with van der Waals surface area (Å²) in [6.07, 6.45) is 1.61. The van der Waals surface area contributed by atoms with E-state index < -0.39 is 14.9 Å². The van der Waals surface area contributed by atoms with Gasteiger partial charge < -0.3 is 0 Å². The Labute approximate surface area is 162 Å². The Hall–Kier alpha value is -2.04. The van der Waals surface area contributed by atoms with Crippen molar-refractivity contribution >= 4 is 27.5 Å². The third-order valence-corrected chi connectivity index (χ3v) is 7.47. The predicted molar refractivity (Wildman–Crippen MR) is 101 cm³/mol. The zero-order valence-electron chi connectivity index (χ0n) is 15.3. The molecule has 0 saturated carbocycles. The SMILES string of the molecule is Cc1nc(Sc2ccc(S(=O)(=O)N3CCCC3)cc2[N+](=O)[O-])nc(C)c1C. The van der Waals surface area contributed by atoms with E-state index in [-0.39, 0.29) is 10.6 Å². The summed E-state index contributed by atoms with van der Waals surface area (Å²) < 4.78 is 26.7. The maximum atomic E-state index is 12.7. The number of hydrogen-bond donors (Lipinski definition) is 0. The number of aromatic nitrogens is 2. The van der Waals surface area contributed by atoms with Crippen molar-refractivity contribution in [1.29, 1.82) is 0 Å². The molecule has 1 aromatic carbocycles. The fourth-order valence-electron chi connectivity index (χ4n) is 2.85. The molecule has 1 aliphatic rings. The van der Waals surface area contributed by atoms with Crippen molar-refractivity contribution in [2.75, 3.05) is 13.1 Å². The summed E-state index contributed by atoms with van der Waals surface area (Å²) in [5, 5.41) is 11.9. The van der Waals surface area contributed by atoms with Crippen LogP contribution in [0, 0.1) is 30.9 Å². The van der Waals surface area contributed by atoms with Gasteiger partial charge in [0.2, 0.25) is 10.0 Å². The third kappa shape index (κ3) is 3.97. The molecule has 0 unspecified atom stereocenters. The molecule has 10 heteroatoms. The monoisotopic (exact) mass is 408 g/mol. The first-order chi connectivity index (χ1) is 12.7. The lowest BCUT2D eigenvalue weighted by molar-refractivity contribution is -0.388. The van der Waals surface area contributed by atoms with Crippen LogP contribution >= 0.6 is 11.8 Å². The summed E-state index contributed by atoms with van der Waals surface area (Å²) in [7, 11) is -3.72. The Morgan fingerprint density at radius 3 is 2.26 bits per heavy atom. The number of sulfonamides is 1. The summed E-state index contributed by atoms with van der Waals surface area (Å²) in [5.74, 6) is 0. The maximum Gasteiger partial charge on any atom is 0.284 e. The van der Waals surface area contributed by atoms with Gasteiger partial charge in [0.1, 0.15) is 0 Å². The number of nitrogens with zero attached hydrogens (tertiary/aromatic N) is 4. The van der Waals surface area contributed by atoms with Gasteiger partial charge in [-0.05, 0) is 63.1 Å². The van der Waals surface area contributed by atoms with Gasteiger partial charge in [0.15, 0.2) is 5.16 Å². The third-order valence-electron chi connectivity index (χ3n) is 4.64. The van der Waals surface area contributed by atoms with E-state index in [1.807, 2.05) is 20.8 Å². The minimum absolute atomic E-state index is 0.0577. The molecule has 144 valence electrons. The van der Waals surface area contributed by atoms with E-state index in [9.17, 15) is 18.5 Å². The maximum absolute atomic E-state index is 12.7. The highest BCUT2D eigenvalue weighted by Gasteiger charge is 2.29. The molecular weight excluding hydrogens is 388 g/mol. The molecule has 27 heavy (non-hydrogen) atoms. The van der Waals surface area contributed by atoms with Crippen LogP contribution in [-0.4, -0.2) is 40.7 Å². The van der Waals surface area contributed by atoms with Crippen LogP contribution in [0.5, 0.6) is 0 Å². The molecule has 0 spiro atoms. The first kappa shape index (κ1) is 19.7. The average molecular weight is 409 g/mol. The highest BCUT2D eigenvalue weighted by atomic mass is 32.2. The first-order valence-corrected chi connectivity index (χ1v) is 10.7. The van der Waals surface area contributed by atoms with Crippen molar-refractivity contribution in [1.82, 2.24) is 14.3 Å². The standard InChI is InChI=1S/C17H20N4O4S2/c1-11-12(2)18-17(19-13(11)3)26-16-7-6-14(10-15(16)21(22)23)27(24,25)20-8-4-5-9-20/h6-7,10H,4-5,8-9H2,1-3H3. The van der Waals surface area contributed by atoms with E-state index in [2.05, 4.69) is 9.97 Å². The molecule has 0 atom stereocenters. The van der Waals surface area contributed by atoms with Crippen molar-refractivity contribution in [2.24, 2.45) is 0 Å². The molecule has 0 bridgehead atoms. The van der Waals surface area contributed by atoms with Gasteiger partial charge in [-0.2, -0.15) is 4.31 Å². The van der Waals surface area contributed by atoms with Crippen LogP contribution in [0.4, 0.5) is 5.69 Å². The minimum Gasteiger partial charge on any atom is -0.258 e. The van der Waals surface area contributed by atoms with E-state index in [1.54, 1.807) is 0 Å². The smallest absolute Gasteiger partial charge is 0.258 e. The summed E-state index contributed by atoms with van der Waals surface area (Å²) in [6, 6.07) is 4.00. The van der Waals surface area contributed by atoms with Gasteiger partial charge in [0, 0.05) is 30.5 Å². The molecule has 2 heterocycles. The normalized spacial score (nSPS) is 15.2. The molecule has 0 radical (unpaired) electrons. The molecule has 0 amide bonds. The predicted octanol–water partition coefficient (Wildman–Crippen LogP) is 3.25. The second kappa shape index (κ2) is 7.53. The van der Waals surface area contributed by atoms with E-state index in [0.29, 0.717) is 23.1 Å². The number of rotatable bonds is 5. The molecule has 8 nitrogen and oxygen atoms in total. The lowest BCUT2D eigenvalue weighted by Crippen LogP contribution is -2.27. The molecule has 1 aromatic heterocycles. The Morgan fingerprint density at radius 1 is 1.11 bits per heavy atom. The summed E-state index contributed by atoms with van der Waals surface area (Å²) in [5.41, 5.74) is 2.32. The van der Waals surface area contributed by atoms with Gasteiger partial charge in [0.05, 0.1) is 14.7 Å². The van der Waals surface area contributed by atoms with Crippen molar-refractivity contribution in [2.45, 2.75) is 48.6 Å². The van der Waals surface area contributed by atoms with Crippen LogP contribution in [0.25, 0.3) is 0 Å². The molecule has 0 N–H and O–H groups in total. The van der Waals surface area contributed by atoms with Gasteiger partial charge in [-0.3, -0.25) is 10.1 Å². The molecule has 1 saturated heterocycles. The van der Waals surface area contributed by atoms with E-state index in [4.69, 9.17) is 0 Å². The number of benzene rings is 1. The highest BCUT2D eigenvalue weighted by molar-refractivity contribution is 7.99.